The van der Waals surface area contributed by atoms with E-state index in [0.29, 0.717) is 0 Å². The molecule has 0 bridgehead atoms. The van der Waals surface area contributed by atoms with E-state index >= 15 is 0 Å². The minimum absolute atomic E-state index is 0.876. The second-order valence-electron chi connectivity index (χ2n) is 5.52. The Balaban J connectivity index is 1.75. The smallest absolute Gasteiger partial charge is 0.0313 e. The molecule has 2 unspecified atom stereocenters. The number of hydrogen-bond acceptors (Lipinski definition) is 2. The van der Waals surface area contributed by atoms with Crippen molar-refractivity contribution in [1.29, 1.82) is 0 Å². The van der Waals surface area contributed by atoms with Crippen LogP contribution in [0.15, 0.2) is 18.5 Å². The van der Waals surface area contributed by atoms with Gasteiger partial charge in [0.15, 0.2) is 0 Å². The van der Waals surface area contributed by atoms with Crippen LogP contribution in [0, 0.1) is 18.8 Å². The highest BCUT2D eigenvalue weighted by atomic mass is 14.9. The van der Waals surface area contributed by atoms with Gasteiger partial charge in [-0.1, -0.05) is 32.3 Å². The topological polar surface area (TPSA) is 24.9 Å². The maximum absolute atomic E-state index is 4.22. The van der Waals surface area contributed by atoms with Crippen LogP contribution in [0.1, 0.15) is 43.7 Å². The Morgan fingerprint density at radius 3 is 2.88 bits per heavy atom. The molecule has 94 valence electrons. The molecule has 1 aromatic rings. The molecule has 1 aliphatic rings. The Morgan fingerprint density at radius 2 is 2.12 bits per heavy atom. The monoisotopic (exact) mass is 232 g/mol. The highest BCUT2D eigenvalue weighted by molar-refractivity contribution is 5.16. The van der Waals surface area contributed by atoms with Crippen LogP contribution in [0.25, 0.3) is 0 Å². The number of nitrogens with zero attached hydrogens (tertiary/aromatic N) is 1. The van der Waals surface area contributed by atoms with Gasteiger partial charge < -0.3 is 5.32 Å². The molecular formula is C15H24N2. The summed E-state index contributed by atoms with van der Waals surface area (Å²) in [6.45, 7) is 6.62. The summed E-state index contributed by atoms with van der Waals surface area (Å²) >= 11 is 0. The summed E-state index contributed by atoms with van der Waals surface area (Å²) in [6, 6.07) is 2.21. The second-order valence-corrected chi connectivity index (χ2v) is 5.52. The SMILES string of the molecule is Cc1cncc(CNCC2CCCCC2C)c1. The van der Waals surface area contributed by atoms with Gasteiger partial charge in [-0.25, -0.2) is 0 Å². The highest BCUT2D eigenvalue weighted by Crippen LogP contribution is 2.28. The predicted octanol–water partition coefficient (Wildman–Crippen LogP) is 3.31. The van der Waals surface area contributed by atoms with Crippen molar-refractivity contribution in [2.75, 3.05) is 6.54 Å². The van der Waals surface area contributed by atoms with E-state index in [4.69, 9.17) is 0 Å². The highest BCUT2D eigenvalue weighted by Gasteiger charge is 2.20. The van der Waals surface area contributed by atoms with E-state index in [-0.39, 0.29) is 0 Å². The molecule has 1 aromatic heterocycles. The zero-order valence-electron chi connectivity index (χ0n) is 11.1. The molecule has 1 fully saturated rings. The van der Waals surface area contributed by atoms with Gasteiger partial charge in [-0.15, -0.1) is 0 Å². The molecule has 0 saturated heterocycles. The van der Waals surface area contributed by atoms with Gasteiger partial charge in [-0.2, -0.15) is 0 Å². The van der Waals surface area contributed by atoms with Crippen molar-refractivity contribution >= 4 is 0 Å². The third-order valence-corrected chi connectivity index (χ3v) is 3.96. The van der Waals surface area contributed by atoms with E-state index in [2.05, 4.69) is 30.2 Å². The Hall–Kier alpha value is -0.890. The molecule has 1 heterocycles. The van der Waals surface area contributed by atoms with Gasteiger partial charge in [0.1, 0.15) is 0 Å². The quantitative estimate of drug-likeness (QED) is 0.861. The number of nitrogens with one attached hydrogen (secondary N) is 1. The summed E-state index contributed by atoms with van der Waals surface area (Å²) < 4.78 is 0. The number of hydrogen-bond donors (Lipinski definition) is 1. The lowest BCUT2D eigenvalue weighted by Gasteiger charge is -2.28. The molecule has 2 nitrogen and oxygen atoms in total. The summed E-state index contributed by atoms with van der Waals surface area (Å²) in [5.41, 5.74) is 2.55. The van der Waals surface area contributed by atoms with E-state index in [9.17, 15) is 0 Å². The van der Waals surface area contributed by atoms with Gasteiger partial charge in [-0.05, 0) is 42.9 Å². The zero-order chi connectivity index (χ0) is 12.1. The average Bonchev–Trinajstić information content (AvgIpc) is 2.32. The van der Waals surface area contributed by atoms with Crippen molar-refractivity contribution in [3.05, 3.63) is 29.6 Å². The first-order valence-electron chi connectivity index (χ1n) is 6.87. The lowest BCUT2D eigenvalue weighted by molar-refractivity contribution is 0.247. The second kappa shape index (κ2) is 6.15. The number of aromatic nitrogens is 1. The van der Waals surface area contributed by atoms with Gasteiger partial charge in [0, 0.05) is 18.9 Å². The van der Waals surface area contributed by atoms with E-state index in [0.717, 1.165) is 24.9 Å². The summed E-state index contributed by atoms with van der Waals surface area (Å²) in [6.07, 6.45) is 9.54. The van der Waals surface area contributed by atoms with Crippen LogP contribution in [0.2, 0.25) is 0 Å². The first-order chi connectivity index (χ1) is 8.25. The predicted molar refractivity (Wildman–Crippen MR) is 71.8 cm³/mol. The molecule has 17 heavy (non-hydrogen) atoms. The third-order valence-electron chi connectivity index (χ3n) is 3.96. The molecule has 0 radical (unpaired) electrons. The van der Waals surface area contributed by atoms with Crippen LogP contribution >= 0.6 is 0 Å². The Kier molecular flexibility index (Phi) is 4.55. The fraction of sp³-hybridized carbons (Fsp3) is 0.667. The lowest BCUT2D eigenvalue weighted by Crippen LogP contribution is -2.29. The van der Waals surface area contributed by atoms with Crippen molar-refractivity contribution in [3.63, 3.8) is 0 Å². The van der Waals surface area contributed by atoms with E-state index in [1.165, 1.54) is 36.8 Å². The minimum atomic E-state index is 0.876. The summed E-state index contributed by atoms with van der Waals surface area (Å²) in [4.78, 5) is 4.22. The van der Waals surface area contributed by atoms with Gasteiger partial charge in [-0.3, -0.25) is 4.98 Å². The van der Waals surface area contributed by atoms with E-state index < -0.39 is 0 Å². The number of aryl methyl sites for hydroxylation is 1. The molecule has 0 spiro atoms. The Morgan fingerprint density at radius 1 is 1.29 bits per heavy atom. The van der Waals surface area contributed by atoms with E-state index in [1.54, 1.807) is 0 Å². The molecule has 0 amide bonds. The standard InChI is InChI=1S/C15H24N2/c1-12-7-14(9-16-8-12)10-17-11-15-6-4-3-5-13(15)2/h7-9,13,15,17H,3-6,10-11H2,1-2H3. The fourth-order valence-electron chi connectivity index (χ4n) is 2.81. The first kappa shape index (κ1) is 12.6. The molecule has 2 rings (SSSR count). The zero-order valence-corrected chi connectivity index (χ0v) is 11.1. The molecular weight excluding hydrogens is 208 g/mol. The van der Waals surface area contributed by atoms with Crippen molar-refractivity contribution in [3.8, 4) is 0 Å². The van der Waals surface area contributed by atoms with Crippen molar-refractivity contribution < 1.29 is 0 Å². The van der Waals surface area contributed by atoms with Crippen LogP contribution in [0.3, 0.4) is 0 Å². The first-order valence-corrected chi connectivity index (χ1v) is 6.87. The summed E-state index contributed by atoms with van der Waals surface area (Å²) in [5.74, 6) is 1.77. The maximum Gasteiger partial charge on any atom is 0.0313 e. The Labute approximate surface area is 105 Å². The lowest BCUT2D eigenvalue weighted by atomic mass is 9.80. The van der Waals surface area contributed by atoms with Crippen LogP contribution in [-0.2, 0) is 6.54 Å². The Bertz CT molecular complexity index is 349. The van der Waals surface area contributed by atoms with Gasteiger partial charge >= 0.3 is 0 Å². The third kappa shape index (κ3) is 3.81. The van der Waals surface area contributed by atoms with E-state index in [1.807, 2.05) is 12.4 Å². The van der Waals surface area contributed by atoms with Crippen LogP contribution in [-0.4, -0.2) is 11.5 Å². The summed E-state index contributed by atoms with van der Waals surface area (Å²) in [7, 11) is 0. The molecule has 0 aromatic carbocycles. The number of rotatable bonds is 4. The molecule has 1 saturated carbocycles. The molecule has 2 heteroatoms. The van der Waals surface area contributed by atoms with Gasteiger partial charge in [0.25, 0.3) is 0 Å². The largest absolute Gasteiger partial charge is 0.312 e. The number of pyridine rings is 1. The van der Waals surface area contributed by atoms with Crippen molar-refractivity contribution in [2.45, 2.75) is 46.1 Å². The van der Waals surface area contributed by atoms with Crippen molar-refractivity contribution in [1.82, 2.24) is 10.3 Å². The van der Waals surface area contributed by atoms with Crippen molar-refractivity contribution in [2.24, 2.45) is 11.8 Å². The molecule has 0 aliphatic heterocycles. The van der Waals surface area contributed by atoms with Crippen LogP contribution < -0.4 is 5.32 Å². The van der Waals surface area contributed by atoms with Crippen LogP contribution in [0.4, 0.5) is 0 Å². The average molecular weight is 232 g/mol. The van der Waals surface area contributed by atoms with Crippen LogP contribution in [0.5, 0.6) is 0 Å². The fourth-order valence-corrected chi connectivity index (χ4v) is 2.81. The normalized spacial score (nSPS) is 24.8. The molecule has 1 N–H and O–H groups in total. The minimum Gasteiger partial charge on any atom is -0.312 e. The summed E-state index contributed by atoms with van der Waals surface area (Å²) in [5, 5.41) is 3.59. The van der Waals surface area contributed by atoms with Gasteiger partial charge in [0.2, 0.25) is 0 Å². The molecule has 2 atom stereocenters. The van der Waals surface area contributed by atoms with Gasteiger partial charge in [0.05, 0.1) is 0 Å². The molecule has 1 aliphatic carbocycles. The maximum atomic E-state index is 4.22.